The highest BCUT2D eigenvalue weighted by Crippen LogP contribution is 1.76. The predicted molar refractivity (Wildman–Crippen MR) is 60.5 cm³/mol. The van der Waals surface area contributed by atoms with Crippen molar-refractivity contribution < 1.29 is 19.8 Å². The zero-order valence-electron chi connectivity index (χ0n) is 9.25. The van der Waals surface area contributed by atoms with Gasteiger partial charge in [0.2, 0.25) is 0 Å². The molecule has 9 N–H and O–H groups in total. The van der Waals surface area contributed by atoms with Crippen LogP contribution < -0.4 is 17.2 Å². The molecule has 10 heteroatoms. The molecule has 0 aromatic carbocycles. The fraction of sp³-hybridized carbons (Fsp3) is 0.429. The Bertz CT molecular complexity index is 311. The average molecular weight is 248 g/mol. The molecule has 0 amide bonds. The van der Waals surface area contributed by atoms with Crippen LogP contribution >= 0.6 is 0 Å². The number of nitrogens with one attached hydrogen (secondary N) is 1. The summed E-state index contributed by atoms with van der Waals surface area (Å²) in [7, 11) is 1.44. The number of likely N-dealkylation sites (N-methyl/N-ethyl adjacent to an activating group) is 1. The number of hydrogen-bond donors (Lipinski definition) is 6. The summed E-state index contributed by atoms with van der Waals surface area (Å²) in [6, 6.07) is 0. The summed E-state index contributed by atoms with van der Waals surface area (Å²) in [5.74, 6) is -2.48. The van der Waals surface area contributed by atoms with E-state index in [9.17, 15) is 9.59 Å². The molecule has 0 heterocycles. The number of nitrogens with two attached hydrogens (primary N) is 3. The van der Waals surface area contributed by atoms with Crippen LogP contribution in [0.25, 0.3) is 0 Å². The highest BCUT2D eigenvalue weighted by atomic mass is 16.4. The number of carboxylic acid groups (broad SMARTS) is 2. The van der Waals surface area contributed by atoms with Crippen molar-refractivity contribution in [2.24, 2.45) is 22.2 Å². The second-order valence-electron chi connectivity index (χ2n) is 2.77. The zero-order chi connectivity index (χ0) is 14.0. The maximum atomic E-state index is 9.92. The first-order valence-corrected chi connectivity index (χ1v) is 4.21. The SMILES string of the molecule is CN(CC(=O)O)C(=N)N.NC(N)=NCC(=O)O. The molecule has 0 aromatic rings. The Balaban J connectivity index is 0. The van der Waals surface area contributed by atoms with Crippen LogP contribution in [0.2, 0.25) is 0 Å². The van der Waals surface area contributed by atoms with Gasteiger partial charge in [0.15, 0.2) is 11.9 Å². The topological polar surface area (TPSA) is 192 Å². The minimum Gasteiger partial charge on any atom is -0.480 e. The van der Waals surface area contributed by atoms with Gasteiger partial charge in [0.05, 0.1) is 0 Å². The first-order chi connectivity index (χ1) is 7.66. The van der Waals surface area contributed by atoms with E-state index in [0.717, 1.165) is 4.90 Å². The minimum atomic E-state index is -1.04. The molecule has 0 radical (unpaired) electrons. The van der Waals surface area contributed by atoms with Crippen LogP contribution in [-0.4, -0.2) is 59.1 Å². The highest BCUT2D eigenvalue weighted by Gasteiger charge is 2.03. The van der Waals surface area contributed by atoms with Crippen molar-refractivity contribution in [1.82, 2.24) is 4.90 Å². The molecule has 0 unspecified atom stereocenters. The molecule has 0 saturated heterocycles. The van der Waals surface area contributed by atoms with Crippen molar-refractivity contribution in [3.8, 4) is 0 Å². The van der Waals surface area contributed by atoms with E-state index >= 15 is 0 Å². The van der Waals surface area contributed by atoms with Gasteiger partial charge < -0.3 is 32.3 Å². The lowest BCUT2D eigenvalue weighted by Crippen LogP contribution is -2.36. The van der Waals surface area contributed by atoms with Crippen molar-refractivity contribution in [1.29, 1.82) is 5.41 Å². The van der Waals surface area contributed by atoms with E-state index in [2.05, 4.69) is 4.99 Å². The summed E-state index contributed by atoms with van der Waals surface area (Å²) in [6.45, 7) is -0.586. The number of guanidine groups is 2. The normalized spacial score (nSPS) is 8.29. The number of aliphatic imine (C=N–C) groups is 1. The van der Waals surface area contributed by atoms with Gasteiger partial charge in [-0.2, -0.15) is 0 Å². The Hall–Kier alpha value is -2.52. The molecule has 98 valence electrons. The molecule has 0 aliphatic carbocycles. The molecule has 0 fully saturated rings. The van der Waals surface area contributed by atoms with Crippen molar-refractivity contribution in [3.05, 3.63) is 0 Å². The van der Waals surface area contributed by atoms with Crippen molar-refractivity contribution in [3.63, 3.8) is 0 Å². The van der Waals surface area contributed by atoms with E-state index in [1.54, 1.807) is 0 Å². The van der Waals surface area contributed by atoms with Gasteiger partial charge in [-0.1, -0.05) is 0 Å². The number of carbonyl (C=O) groups is 2. The lowest BCUT2D eigenvalue weighted by Gasteiger charge is -2.12. The average Bonchev–Trinajstić information content (AvgIpc) is 2.14. The fourth-order valence-electron chi connectivity index (χ4n) is 0.447. The van der Waals surface area contributed by atoms with Gasteiger partial charge in [-0.05, 0) is 0 Å². The Morgan fingerprint density at radius 2 is 1.71 bits per heavy atom. The molecule has 0 bridgehead atoms. The Labute approximate surface area is 97.2 Å². The Morgan fingerprint density at radius 1 is 1.24 bits per heavy atom. The molecule has 10 nitrogen and oxygen atoms in total. The number of carboxylic acids is 2. The number of hydrogen-bond acceptors (Lipinski definition) is 4. The van der Waals surface area contributed by atoms with Crippen LogP contribution in [0.5, 0.6) is 0 Å². The van der Waals surface area contributed by atoms with Crippen LogP contribution in [0, 0.1) is 5.41 Å². The van der Waals surface area contributed by atoms with Gasteiger partial charge in [-0.3, -0.25) is 15.0 Å². The van der Waals surface area contributed by atoms with Crippen LogP contribution in [0.3, 0.4) is 0 Å². The second kappa shape index (κ2) is 8.76. The van der Waals surface area contributed by atoms with Gasteiger partial charge >= 0.3 is 11.9 Å². The molecule has 0 aliphatic heterocycles. The van der Waals surface area contributed by atoms with E-state index in [1.807, 2.05) is 0 Å². The van der Waals surface area contributed by atoms with E-state index < -0.39 is 11.9 Å². The zero-order valence-corrected chi connectivity index (χ0v) is 9.25. The van der Waals surface area contributed by atoms with Crippen LogP contribution in [0.4, 0.5) is 0 Å². The Kier molecular flexibility index (Phi) is 8.71. The largest absolute Gasteiger partial charge is 0.480 e. The number of aliphatic carboxylic acids is 2. The van der Waals surface area contributed by atoms with Gasteiger partial charge in [0, 0.05) is 7.05 Å². The van der Waals surface area contributed by atoms with E-state index in [1.165, 1.54) is 7.05 Å². The standard InChI is InChI=1S/C4H9N3O2.C3H7N3O2/c1-7(4(5)6)2-3(8)9;4-3(5)6-1-2(7)8/h2H2,1H3,(H3,5,6)(H,8,9);1H2,(H,7,8)(H4,4,5,6). The molecule has 0 aromatic heterocycles. The molecule has 17 heavy (non-hydrogen) atoms. The van der Waals surface area contributed by atoms with E-state index in [0.29, 0.717) is 0 Å². The maximum Gasteiger partial charge on any atom is 0.325 e. The van der Waals surface area contributed by atoms with E-state index in [4.69, 9.17) is 32.8 Å². The van der Waals surface area contributed by atoms with Crippen molar-refractivity contribution in [2.45, 2.75) is 0 Å². The summed E-state index contributed by atoms with van der Waals surface area (Å²) < 4.78 is 0. The molecule has 0 spiro atoms. The van der Waals surface area contributed by atoms with E-state index in [-0.39, 0.29) is 25.0 Å². The molecule has 0 aliphatic rings. The minimum absolute atomic E-state index is 0.201. The molecular weight excluding hydrogens is 232 g/mol. The third-order valence-corrected chi connectivity index (χ3v) is 1.18. The third kappa shape index (κ3) is 16.2. The lowest BCUT2D eigenvalue weighted by molar-refractivity contribution is -0.137. The Morgan fingerprint density at radius 3 is 1.82 bits per heavy atom. The first kappa shape index (κ1) is 16.9. The monoisotopic (exact) mass is 248 g/mol. The second-order valence-corrected chi connectivity index (χ2v) is 2.77. The summed E-state index contributed by atoms with van der Waals surface area (Å²) in [5.41, 5.74) is 14.5. The molecule has 0 atom stereocenters. The smallest absolute Gasteiger partial charge is 0.325 e. The van der Waals surface area contributed by atoms with Gasteiger partial charge in [-0.15, -0.1) is 0 Å². The van der Waals surface area contributed by atoms with Crippen molar-refractivity contribution >= 4 is 23.9 Å². The first-order valence-electron chi connectivity index (χ1n) is 4.21. The number of nitrogens with zero attached hydrogens (tertiary/aromatic N) is 2. The quantitative estimate of drug-likeness (QED) is 0.227. The predicted octanol–water partition coefficient (Wildman–Crippen LogP) is -2.76. The summed E-state index contributed by atoms with van der Waals surface area (Å²) >= 11 is 0. The van der Waals surface area contributed by atoms with Crippen LogP contribution in [-0.2, 0) is 9.59 Å². The van der Waals surface area contributed by atoms with Crippen molar-refractivity contribution in [2.75, 3.05) is 20.1 Å². The molecule has 0 saturated carbocycles. The van der Waals surface area contributed by atoms with Crippen LogP contribution in [0.15, 0.2) is 4.99 Å². The maximum absolute atomic E-state index is 9.92. The fourth-order valence-corrected chi connectivity index (χ4v) is 0.447. The molecule has 0 rings (SSSR count). The summed E-state index contributed by atoms with van der Waals surface area (Å²) in [6.07, 6.45) is 0. The third-order valence-electron chi connectivity index (χ3n) is 1.18. The lowest BCUT2D eigenvalue weighted by atomic mass is 10.6. The van der Waals surface area contributed by atoms with Gasteiger partial charge in [0.25, 0.3) is 0 Å². The molecular formula is C7H16N6O4. The van der Waals surface area contributed by atoms with Gasteiger partial charge in [-0.25, -0.2) is 4.99 Å². The highest BCUT2D eigenvalue weighted by molar-refractivity contribution is 5.80. The summed E-state index contributed by atoms with van der Waals surface area (Å²) in [4.78, 5) is 23.9. The summed E-state index contributed by atoms with van der Waals surface area (Å²) in [5, 5.41) is 22.8. The number of rotatable bonds is 4. The van der Waals surface area contributed by atoms with Gasteiger partial charge in [0.1, 0.15) is 13.1 Å². The van der Waals surface area contributed by atoms with Crippen LogP contribution in [0.1, 0.15) is 0 Å².